The predicted octanol–water partition coefficient (Wildman–Crippen LogP) is 5.78. The average Bonchev–Trinajstić information content (AvgIpc) is 3.01. The molecule has 0 heterocycles. The molecule has 2 aromatic carbocycles. The van der Waals surface area contributed by atoms with Crippen molar-refractivity contribution in [3.63, 3.8) is 0 Å². The summed E-state index contributed by atoms with van der Waals surface area (Å²) in [6, 6.07) is 13.5. The third-order valence-electron chi connectivity index (χ3n) is 7.67. The Morgan fingerprint density at radius 2 is 1.86 bits per heavy atom. The van der Waals surface area contributed by atoms with Crippen LogP contribution in [0.4, 0.5) is 0 Å². The topological polar surface area (TPSA) is 57.5 Å². The zero-order valence-corrected chi connectivity index (χ0v) is 18.7. The van der Waals surface area contributed by atoms with Gasteiger partial charge in [0, 0.05) is 14.9 Å². The van der Waals surface area contributed by atoms with Gasteiger partial charge < -0.3 is 10.2 Å². The van der Waals surface area contributed by atoms with Gasteiger partial charge in [0.1, 0.15) is 5.75 Å². The molecule has 5 rings (SSSR count). The third-order valence-corrected chi connectivity index (χ3v) is 9.52. The van der Waals surface area contributed by atoms with Gasteiger partial charge >= 0.3 is 0 Å². The van der Waals surface area contributed by atoms with E-state index in [1.165, 1.54) is 0 Å². The molecule has 152 valence electrons. The van der Waals surface area contributed by atoms with Gasteiger partial charge in [-0.25, -0.2) is 0 Å². The van der Waals surface area contributed by atoms with Crippen molar-refractivity contribution in [3.05, 3.63) is 58.1 Å². The molecule has 2 aromatic rings. The molecule has 29 heavy (non-hydrogen) atoms. The Morgan fingerprint density at radius 1 is 1.10 bits per heavy atom. The van der Waals surface area contributed by atoms with Crippen LogP contribution < -0.4 is 0 Å². The zero-order valence-electron chi connectivity index (χ0n) is 16.3. The third kappa shape index (κ3) is 3.08. The number of aromatic hydroxyl groups is 1. The summed E-state index contributed by atoms with van der Waals surface area (Å²) in [5, 5.41) is 20.6. The van der Waals surface area contributed by atoms with Crippen molar-refractivity contribution in [2.24, 2.45) is 17.3 Å². The number of rotatable bonds is 2. The van der Waals surface area contributed by atoms with Crippen molar-refractivity contribution in [3.8, 4) is 5.75 Å². The Hall–Kier alpha value is -1.30. The van der Waals surface area contributed by atoms with Crippen LogP contribution in [0.2, 0.25) is 0 Å². The van der Waals surface area contributed by atoms with E-state index in [1.54, 1.807) is 23.9 Å². The van der Waals surface area contributed by atoms with E-state index in [4.69, 9.17) is 0 Å². The number of halogens is 1. The number of ketones is 1. The van der Waals surface area contributed by atoms with Gasteiger partial charge in [-0.15, -0.1) is 11.8 Å². The van der Waals surface area contributed by atoms with Crippen molar-refractivity contribution in [1.82, 2.24) is 0 Å². The first-order valence-corrected chi connectivity index (χ1v) is 12.0. The average molecular weight is 473 g/mol. The lowest BCUT2D eigenvalue weighted by molar-refractivity contribution is -0.0193. The molecule has 0 saturated heterocycles. The molecule has 2 N–H and O–H groups in total. The number of carbonyl (C=O) groups is 1. The minimum atomic E-state index is -0.275. The number of Topliss-reactive ketones (excluding diaryl/α,β-unsaturated/α-hetero) is 1. The number of phenols is 1. The summed E-state index contributed by atoms with van der Waals surface area (Å²) in [5.41, 5.74) is 1.67. The summed E-state index contributed by atoms with van der Waals surface area (Å²) in [5.74, 6) is 1.13. The molecule has 0 radical (unpaired) electrons. The number of thioether (sulfide) groups is 1. The maximum Gasteiger partial charge on any atom is 0.176 e. The molecule has 0 amide bonds. The monoisotopic (exact) mass is 472 g/mol. The van der Waals surface area contributed by atoms with Crippen molar-refractivity contribution in [2.75, 3.05) is 0 Å². The van der Waals surface area contributed by atoms with Crippen LogP contribution in [-0.4, -0.2) is 27.4 Å². The highest BCUT2D eigenvalue weighted by molar-refractivity contribution is 9.10. The van der Waals surface area contributed by atoms with Gasteiger partial charge in [0.2, 0.25) is 0 Å². The molecule has 3 aliphatic rings. The fraction of sp³-hybridized carbons (Fsp3) is 0.458. The first-order chi connectivity index (χ1) is 13.9. The van der Waals surface area contributed by atoms with Gasteiger partial charge in [-0.2, -0.15) is 0 Å². The van der Waals surface area contributed by atoms with Gasteiger partial charge in [0.15, 0.2) is 5.78 Å². The molecule has 0 aromatic heterocycles. The number of hydrogen-bond acceptors (Lipinski definition) is 4. The SMILES string of the molecule is CC12CCC3c4ccc(O)cc4C(=O)C(Sc4ccc(Br)cc4)C3C1CCC2O. The quantitative estimate of drug-likeness (QED) is 0.581. The van der Waals surface area contributed by atoms with Crippen LogP contribution in [0.1, 0.15) is 54.4 Å². The van der Waals surface area contributed by atoms with Crippen LogP contribution in [0.5, 0.6) is 5.75 Å². The largest absolute Gasteiger partial charge is 0.508 e. The highest BCUT2D eigenvalue weighted by Crippen LogP contribution is 2.62. The number of benzene rings is 2. The van der Waals surface area contributed by atoms with E-state index in [0.29, 0.717) is 17.4 Å². The summed E-state index contributed by atoms with van der Waals surface area (Å²) in [7, 11) is 0. The van der Waals surface area contributed by atoms with Crippen LogP contribution in [-0.2, 0) is 0 Å². The number of aliphatic hydroxyl groups excluding tert-OH is 1. The van der Waals surface area contributed by atoms with Crippen molar-refractivity contribution in [2.45, 2.75) is 54.8 Å². The fourth-order valence-corrected chi connectivity index (χ4v) is 7.77. The van der Waals surface area contributed by atoms with Crippen LogP contribution in [0.25, 0.3) is 0 Å². The number of phenolic OH excluding ortho intramolecular Hbond substituents is 1. The molecule has 3 nitrogen and oxygen atoms in total. The standard InChI is InChI=1S/C24H25BrO3S/c1-24-11-10-17-16-7-4-14(26)12-18(16)22(28)23(21(17)19(24)8-9-20(24)27)29-15-5-2-13(25)3-6-15/h2-7,12,17,19-21,23,26-27H,8-11H2,1H3. The number of aliphatic hydroxyl groups is 1. The maximum absolute atomic E-state index is 13.7. The van der Waals surface area contributed by atoms with E-state index in [1.807, 2.05) is 18.2 Å². The number of carbonyl (C=O) groups excluding carboxylic acids is 1. The smallest absolute Gasteiger partial charge is 0.176 e. The lowest BCUT2D eigenvalue weighted by atomic mass is 9.55. The molecule has 2 saturated carbocycles. The lowest BCUT2D eigenvalue weighted by Gasteiger charge is -2.52. The Bertz CT molecular complexity index is 959. The summed E-state index contributed by atoms with van der Waals surface area (Å²) < 4.78 is 1.02. The normalized spacial score (nSPS) is 35.7. The van der Waals surface area contributed by atoms with Gasteiger partial charge in [-0.05, 0) is 90.8 Å². The molecular weight excluding hydrogens is 448 g/mol. The number of fused-ring (bicyclic) bond motifs is 5. The number of hydrogen-bond donors (Lipinski definition) is 2. The Kier molecular flexibility index (Phi) is 4.84. The van der Waals surface area contributed by atoms with Crippen molar-refractivity contribution < 1.29 is 15.0 Å². The van der Waals surface area contributed by atoms with E-state index < -0.39 is 0 Å². The Morgan fingerprint density at radius 3 is 2.62 bits per heavy atom. The van der Waals surface area contributed by atoms with Crippen LogP contribution in [0.3, 0.4) is 0 Å². The Balaban J connectivity index is 1.61. The summed E-state index contributed by atoms with van der Waals surface area (Å²) in [6.07, 6.45) is 3.51. The molecule has 6 atom stereocenters. The highest BCUT2D eigenvalue weighted by Gasteiger charge is 2.58. The minimum absolute atomic E-state index is 0.103. The zero-order chi connectivity index (χ0) is 20.3. The molecule has 2 fully saturated rings. The fourth-order valence-electron chi connectivity index (χ4n) is 6.15. The molecule has 3 aliphatic carbocycles. The van der Waals surface area contributed by atoms with Gasteiger partial charge in [-0.1, -0.05) is 28.9 Å². The Labute approximate surface area is 184 Å². The van der Waals surface area contributed by atoms with Crippen LogP contribution >= 0.6 is 27.7 Å². The van der Waals surface area contributed by atoms with Crippen LogP contribution in [0, 0.1) is 17.3 Å². The van der Waals surface area contributed by atoms with E-state index in [-0.39, 0.29) is 34.2 Å². The second kappa shape index (κ2) is 7.14. The first kappa shape index (κ1) is 19.7. The summed E-state index contributed by atoms with van der Waals surface area (Å²) >= 11 is 5.14. The molecule has 6 unspecified atom stereocenters. The van der Waals surface area contributed by atoms with E-state index in [9.17, 15) is 15.0 Å². The molecule has 0 aliphatic heterocycles. The highest BCUT2D eigenvalue weighted by atomic mass is 79.9. The predicted molar refractivity (Wildman–Crippen MR) is 119 cm³/mol. The summed E-state index contributed by atoms with van der Waals surface area (Å²) in [6.45, 7) is 2.23. The van der Waals surface area contributed by atoms with E-state index in [0.717, 1.165) is 40.6 Å². The van der Waals surface area contributed by atoms with Gasteiger partial charge in [-0.3, -0.25) is 4.79 Å². The first-order valence-electron chi connectivity index (χ1n) is 10.4. The second-order valence-corrected chi connectivity index (χ2v) is 11.2. The van der Waals surface area contributed by atoms with E-state index in [2.05, 4.69) is 35.0 Å². The molecular formula is C24H25BrO3S. The maximum atomic E-state index is 13.7. The lowest BCUT2D eigenvalue weighted by Crippen LogP contribution is -2.50. The van der Waals surface area contributed by atoms with Crippen LogP contribution in [0.15, 0.2) is 51.8 Å². The molecule has 0 bridgehead atoms. The van der Waals surface area contributed by atoms with Gasteiger partial charge in [0.25, 0.3) is 0 Å². The van der Waals surface area contributed by atoms with Crippen molar-refractivity contribution >= 4 is 33.5 Å². The molecule has 5 heteroatoms. The molecule has 0 spiro atoms. The van der Waals surface area contributed by atoms with Gasteiger partial charge in [0.05, 0.1) is 11.4 Å². The second-order valence-electron chi connectivity index (χ2n) is 9.06. The summed E-state index contributed by atoms with van der Waals surface area (Å²) in [4.78, 5) is 14.7. The van der Waals surface area contributed by atoms with Crippen molar-refractivity contribution in [1.29, 1.82) is 0 Å². The van der Waals surface area contributed by atoms with E-state index >= 15 is 0 Å². The minimum Gasteiger partial charge on any atom is -0.508 e.